The molecule has 1 aromatic heterocycles. The molecule has 0 unspecified atom stereocenters. The summed E-state index contributed by atoms with van der Waals surface area (Å²) in [4.78, 5) is 23.8. The summed E-state index contributed by atoms with van der Waals surface area (Å²) >= 11 is 2.57. The molecule has 23 heavy (non-hydrogen) atoms. The maximum absolute atomic E-state index is 12.1. The van der Waals surface area contributed by atoms with E-state index in [1.165, 1.54) is 23.1 Å². The Balaban J connectivity index is 1.88. The van der Waals surface area contributed by atoms with Crippen molar-refractivity contribution in [2.75, 3.05) is 16.8 Å². The van der Waals surface area contributed by atoms with Crippen LogP contribution in [0.2, 0.25) is 0 Å². The van der Waals surface area contributed by atoms with Gasteiger partial charge < -0.3 is 11.1 Å². The Morgan fingerprint density at radius 1 is 1.26 bits per heavy atom. The minimum atomic E-state index is -0.0245. The lowest BCUT2D eigenvalue weighted by molar-refractivity contribution is -0.116. The molecule has 3 N–H and O–H groups in total. The van der Waals surface area contributed by atoms with Crippen LogP contribution >= 0.6 is 23.1 Å². The molecule has 0 spiro atoms. The van der Waals surface area contributed by atoms with Crippen molar-refractivity contribution < 1.29 is 9.59 Å². The van der Waals surface area contributed by atoms with Crippen LogP contribution in [0.25, 0.3) is 0 Å². The third-order valence-electron chi connectivity index (χ3n) is 2.83. The number of rotatable bonds is 7. The van der Waals surface area contributed by atoms with Gasteiger partial charge in [-0.2, -0.15) is 0 Å². The molecule has 0 aliphatic carbocycles. The van der Waals surface area contributed by atoms with Crippen LogP contribution in [-0.4, -0.2) is 27.6 Å². The zero-order valence-electron chi connectivity index (χ0n) is 12.9. The summed E-state index contributed by atoms with van der Waals surface area (Å²) in [6, 6.07) is 6.89. The molecule has 0 saturated heterocycles. The number of thioether (sulfide) groups is 1. The summed E-state index contributed by atoms with van der Waals surface area (Å²) in [5, 5.41) is 10.8. The monoisotopic (exact) mass is 350 g/mol. The largest absolute Gasteiger partial charge is 0.374 e. The van der Waals surface area contributed by atoms with Gasteiger partial charge in [0, 0.05) is 17.7 Å². The van der Waals surface area contributed by atoms with E-state index < -0.39 is 0 Å². The van der Waals surface area contributed by atoms with Gasteiger partial charge in [-0.15, -0.1) is 10.2 Å². The van der Waals surface area contributed by atoms with Gasteiger partial charge in [0.2, 0.25) is 11.0 Å². The summed E-state index contributed by atoms with van der Waals surface area (Å²) in [5.74, 6) is 0.544. The Hall–Kier alpha value is -1.93. The summed E-state index contributed by atoms with van der Waals surface area (Å²) in [6.45, 7) is 3.98. The molecule has 0 fully saturated rings. The predicted octanol–water partition coefficient (Wildman–Crippen LogP) is 3.08. The highest BCUT2D eigenvalue weighted by Crippen LogP contribution is 2.24. The molecule has 0 saturated carbocycles. The molecule has 0 bridgehead atoms. The molecule has 0 aliphatic heterocycles. The van der Waals surface area contributed by atoms with E-state index in [0.717, 1.165) is 0 Å². The van der Waals surface area contributed by atoms with E-state index >= 15 is 0 Å². The predicted molar refractivity (Wildman–Crippen MR) is 93.9 cm³/mol. The fourth-order valence-corrected chi connectivity index (χ4v) is 3.34. The zero-order chi connectivity index (χ0) is 16.8. The molecule has 0 atom stereocenters. The van der Waals surface area contributed by atoms with Gasteiger partial charge in [0.25, 0.3) is 0 Å². The first kappa shape index (κ1) is 17.4. The average Bonchev–Trinajstić information content (AvgIpc) is 2.90. The van der Waals surface area contributed by atoms with E-state index in [2.05, 4.69) is 15.5 Å². The number of nitrogens with zero attached hydrogens (tertiary/aromatic N) is 2. The van der Waals surface area contributed by atoms with Crippen molar-refractivity contribution in [3.63, 3.8) is 0 Å². The van der Waals surface area contributed by atoms with Crippen molar-refractivity contribution in [3.8, 4) is 0 Å². The van der Waals surface area contributed by atoms with E-state index in [1.807, 2.05) is 13.8 Å². The maximum atomic E-state index is 12.1. The van der Waals surface area contributed by atoms with Crippen molar-refractivity contribution >= 4 is 45.6 Å². The molecular weight excluding hydrogens is 332 g/mol. The minimum Gasteiger partial charge on any atom is -0.374 e. The van der Waals surface area contributed by atoms with Crippen LogP contribution in [0.15, 0.2) is 28.6 Å². The normalized spacial score (nSPS) is 10.7. The molecular formula is C15H18N4O2S2. The number of hydrogen-bond acceptors (Lipinski definition) is 7. The van der Waals surface area contributed by atoms with Crippen LogP contribution < -0.4 is 11.1 Å². The number of nitrogens with one attached hydrogen (secondary N) is 1. The number of anilines is 2. The molecule has 1 aromatic carbocycles. The number of Topliss-reactive ketones (excluding diaryl/α,β-unsaturated/α-hetero) is 1. The Morgan fingerprint density at radius 2 is 1.96 bits per heavy atom. The number of nitrogen functional groups attached to an aromatic ring is 1. The van der Waals surface area contributed by atoms with Crippen LogP contribution in [0, 0.1) is 5.92 Å². The molecule has 1 amide bonds. The number of amides is 1. The van der Waals surface area contributed by atoms with Crippen molar-refractivity contribution in [1.29, 1.82) is 0 Å². The van der Waals surface area contributed by atoms with Crippen molar-refractivity contribution in [3.05, 3.63) is 29.8 Å². The lowest BCUT2D eigenvalue weighted by Crippen LogP contribution is -2.14. The molecule has 0 radical (unpaired) electrons. The van der Waals surface area contributed by atoms with Crippen LogP contribution in [0.4, 0.5) is 10.8 Å². The highest BCUT2D eigenvalue weighted by Gasteiger charge is 2.10. The van der Waals surface area contributed by atoms with Gasteiger partial charge in [-0.25, -0.2) is 0 Å². The first-order valence-corrected chi connectivity index (χ1v) is 8.89. The first-order valence-electron chi connectivity index (χ1n) is 7.09. The topological polar surface area (TPSA) is 98.0 Å². The fourth-order valence-electron chi connectivity index (χ4n) is 1.81. The van der Waals surface area contributed by atoms with Gasteiger partial charge in [-0.3, -0.25) is 9.59 Å². The zero-order valence-corrected chi connectivity index (χ0v) is 14.5. The second-order valence-electron chi connectivity index (χ2n) is 5.34. The Bertz CT molecular complexity index is 683. The fraction of sp³-hybridized carbons (Fsp3) is 0.333. The van der Waals surface area contributed by atoms with Gasteiger partial charge in [-0.1, -0.05) is 36.9 Å². The van der Waals surface area contributed by atoms with Gasteiger partial charge in [-0.05, 0) is 30.2 Å². The van der Waals surface area contributed by atoms with Crippen molar-refractivity contribution in [2.24, 2.45) is 5.92 Å². The third kappa shape index (κ3) is 5.65. The maximum Gasteiger partial charge on any atom is 0.224 e. The quantitative estimate of drug-likeness (QED) is 0.588. The Kier molecular flexibility index (Phi) is 6.12. The van der Waals surface area contributed by atoms with E-state index in [1.54, 1.807) is 24.3 Å². The molecule has 2 aromatic rings. The molecule has 1 heterocycles. The van der Waals surface area contributed by atoms with E-state index in [0.29, 0.717) is 33.1 Å². The standard InChI is InChI=1S/C15H18N4O2S2/c1-9(2)7-13(21)17-11-5-3-10(4-6-11)12(20)8-22-15-19-18-14(16)23-15/h3-6,9H,7-8H2,1-2H3,(H2,16,18)(H,17,21). The second-order valence-corrected chi connectivity index (χ2v) is 7.57. The number of hydrogen-bond donors (Lipinski definition) is 2. The second kappa shape index (κ2) is 8.07. The lowest BCUT2D eigenvalue weighted by atomic mass is 10.1. The smallest absolute Gasteiger partial charge is 0.224 e. The molecule has 2 rings (SSSR count). The van der Waals surface area contributed by atoms with Crippen molar-refractivity contribution in [1.82, 2.24) is 10.2 Å². The van der Waals surface area contributed by atoms with Crippen LogP contribution in [0.3, 0.4) is 0 Å². The van der Waals surface area contributed by atoms with Gasteiger partial charge in [0.15, 0.2) is 10.1 Å². The summed E-state index contributed by atoms with van der Waals surface area (Å²) in [5.41, 5.74) is 6.78. The molecule has 8 heteroatoms. The number of carbonyl (C=O) groups is 2. The Labute approximate surface area is 142 Å². The Morgan fingerprint density at radius 3 is 2.52 bits per heavy atom. The third-order valence-corrected chi connectivity index (χ3v) is 4.72. The van der Waals surface area contributed by atoms with E-state index in [4.69, 9.17) is 5.73 Å². The number of nitrogens with two attached hydrogens (primary N) is 1. The SMILES string of the molecule is CC(C)CC(=O)Nc1ccc(C(=O)CSc2nnc(N)s2)cc1. The van der Waals surface area contributed by atoms with Crippen LogP contribution in [0.1, 0.15) is 30.6 Å². The molecule has 6 nitrogen and oxygen atoms in total. The lowest BCUT2D eigenvalue weighted by Gasteiger charge is -2.07. The highest BCUT2D eigenvalue weighted by molar-refractivity contribution is 8.01. The number of benzene rings is 1. The summed E-state index contributed by atoms with van der Waals surface area (Å²) < 4.78 is 0.674. The molecule has 0 aliphatic rings. The van der Waals surface area contributed by atoms with Gasteiger partial charge in [0.1, 0.15) is 0 Å². The van der Waals surface area contributed by atoms with Crippen LogP contribution in [0.5, 0.6) is 0 Å². The first-order chi connectivity index (χ1) is 10.9. The van der Waals surface area contributed by atoms with E-state index in [9.17, 15) is 9.59 Å². The van der Waals surface area contributed by atoms with Gasteiger partial charge in [0.05, 0.1) is 5.75 Å². The molecule has 122 valence electrons. The van der Waals surface area contributed by atoms with Crippen LogP contribution in [-0.2, 0) is 4.79 Å². The van der Waals surface area contributed by atoms with Gasteiger partial charge >= 0.3 is 0 Å². The summed E-state index contributed by atoms with van der Waals surface area (Å²) in [7, 11) is 0. The number of aromatic nitrogens is 2. The van der Waals surface area contributed by atoms with E-state index in [-0.39, 0.29) is 17.4 Å². The number of ketones is 1. The number of carbonyl (C=O) groups excluding carboxylic acids is 2. The minimum absolute atomic E-state index is 0.0103. The summed E-state index contributed by atoms with van der Waals surface area (Å²) in [6.07, 6.45) is 0.475. The highest BCUT2D eigenvalue weighted by atomic mass is 32.2. The average molecular weight is 350 g/mol. The van der Waals surface area contributed by atoms with Crippen molar-refractivity contribution in [2.45, 2.75) is 24.6 Å².